The molecule has 0 aromatic carbocycles. The van der Waals surface area contributed by atoms with Crippen molar-refractivity contribution < 1.29 is 12.3 Å². The second kappa shape index (κ2) is 3.42. The number of H-pyrrole nitrogens is 1. The summed E-state index contributed by atoms with van der Waals surface area (Å²) < 4.78 is 33.5. The highest BCUT2D eigenvalue weighted by Gasteiger charge is 2.16. The number of fused-ring (bicyclic) bond motifs is 1. The second-order valence-corrected chi connectivity index (χ2v) is 4.61. The molecule has 0 aliphatic heterocycles. The first kappa shape index (κ1) is 10.3. The summed E-state index contributed by atoms with van der Waals surface area (Å²) in [4.78, 5) is 10.2. The van der Waals surface area contributed by atoms with Crippen molar-refractivity contribution in [3.8, 4) is 0 Å². The molecule has 2 aromatic heterocycles. The minimum absolute atomic E-state index is 0.0971. The molecule has 0 fully saturated rings. The van der Waals surface area contributed by atoms with Gasteiger partial charge in [0.2, 0.25) is 0 Å². The SMILES string of the molecule is O=S(=O)(F)Cc1c[nH]c2ncnc(Cl)c12. The third-order valence-corrected chi connectivity index (χ3v) is 2.78. The number of nitrogens with zero attached hydrogens (tertiary/aromatic N) is 2. The first-order chi connectivity index (χ1) is 6.97. The van der Waals surface area contributed by atoms with E-state index in [1.165, 1.54) is 12.5 Å². The van der Waals surface area contributed by atoms with Gasteiger partial charge in [0.15, 0.2) is 0 Å². The van der Waals surface area contributed by atoms with Crippen LogP contribution in [0.1, 0.15) is 5.56 Å². The lowest BCUT2D eigenvalue weighted by atomic mass is 10.3. The third-order valence-electron chi connectivity index (χ3n) is 1.83. The van der Waals surface area contributed by atoms with Crippen LogP contribution < -0.4 is 0 Å². The van der Waals surface area contributed by atoms with E-state index in [1.54, 1.807) is 0 Å². The first-order valence-electron chi connectivity index (χ1n) is 3.86. The maximum absolute atomic E-state index is 12.5. The Bertz CT molecular complexity index is 610. The number of aromatic amines is 1. The zero-order valence-corrected chi connectivity index (χ0v) is 8.81. The van der Waals surface area contributed by atoms with Gasteiger partial charge in [-0.3, -0.25) is 0 Å². The molecule has 0 saturated carbocycles. The van der Waals surface area contributed by atoms with Crippen LogP contribution in [0.2, 0.25) is 5.15 Å². The van der Waals surface area contributed by atoms with Crippen LogP contribution in [0.3, 0.4) is 0 Å². The van der Waals surface area contributed by atoms with Gasteiger partial charge in [-0.1, -0.05) is 11.6 Å². The van der Waals surface area contributed by atoms with Crippen molar-refractivity contribution in [1.82, 2.24) is 15.0 Å². The van der Waals surface area contributed by atoms with E-state index in [-0.39, 0.29) is 10.7 Å². The second-order valence-electron chi connectivity index (χ2n) is 2.89. The van der Waals surface area contributed by atoms with Crippen LogP contribution in [0.15, 0.2) is 12.5 Å². The maximum atomic E-state index is 12.5. The fourth-order valence-corrected chi connectivity index (χ4v) is 2.14. The molecule has 0 unspecified atom stereocenters. The lowest BCUT2D eigenvalue weighted by Gasteiger charge is -1.95. The number of aromatic nitrogens is 3. The summed E-state index contributed by atoms with van der Waals surface area (Å²) in [5.74, 6) is -0.736. The van der Waals surface area contributed by atoms with Crippen LogP contribution in [0.5, 0.6) is 0 Å². The number of rotatable bonds is 2. The Kier molecular flexibility index (Phi) is 2.35. The Hall–Kier alpha value is -1.21. The summed E-state index contributed by atoms with van der Waals surface area (Å²) in [5, 5.41) is 0.431. The Morgan fingerprint density at radius 3 is 2.87 bits per heavy atom. The van der Waals surface area contributed by atoms with Crippen molar-refractivity contribution in [2.75, 3.05) is 0 Å². The monoisotopic (exact) mass is 249 g/mol. The molecule has 0 amide bonds. The van der Waals surface area contributed by atoms with Gasteiger partial charge in [0, 0.05) is 6.20 Å². The Morgan fingerprint density at radius 1 is 1.47 bits per heavy atom. The fourth-order valence-electron chi connectivity index (χ4n) is 1.29. The lowest BCUT2D eigenvalue weighted by Crippen LogP contribution is -1.95. The van der Waals surface area contributed by atoms with Gasteiger partial charge in [0.1, 0.15) is 22.9 Å². The molecule has 2 rings (SSSR count). The summed E-state index contributed by atoms with van der Waals surface area (Å²) in [6, 6.07) is 0. The molecular weight excluding hydrogens is 245 g/mol. The fraction of sp³-hybridized carbons (Fsp3) is 0.143. The smallest absolute Gasteiger partial charge is 0.306 e. The van der Waals surface area contributed by atoms with Gasteiger partial charge in [-0.05, 0) is 5.56 Å². The van der Waals surface area contributed by atoms with Gasteiger partial charge in [-0.2, -0.15) is 8.42 Å². The first-order valence-corrected chi connectivity index (χ1v) is 5.79. The standard InChI is InChI=1S/C7H5ClFN3O2S/c8-6-5-4(2-15(9,13)14)1-10-7(5)12-3-11-6/h1,3H,2H2,(H,10,11,12). The Morgan fingerprint density at radius 2 is 2.20 bits per heavy atom. The van der Waals surface area contributed by atoms with Gasteiger partial charge in [0.25, 0.3) is 0 Å². The molecule has 0 aliphatic carbocycles. The molecule has 0 radical (unpaired) electrons. The lowest BCUT2D eigenvalue weighted by molar-refractivity contribution is 0.551. The van der Waals surface area contributed by atoms with Crippen molar-refractivity contribution in [2.45, 2.75) is 5.75 Å². The zero-order valence-electron chi connectivity index (χ0n) is 7.24. The molecule has 15 heavy (non-hydrogen) atoms. The van der Waals surface area contributed by atoms with Crippen LogP contribution in [-0.4, -0.2) is 23.4 Å². The summed E-state index contributed by atoms with van der Waals surface area (Å²) in [6.07, 6.45) is 2.58. The van der Waals surface area contributed by atoms with Crippen LogP contribution in [0.4, 0.5) is 3.89 Å². The highest BCUT2D eigenvalue weighted by Crippen LogP contribution is 2.24. The summed E-state index contributed by atoms with van der Waals surface area (Å²) in [6.45, 7) is 0. The molecule has 0 aliphatic rings. The predicted molar refractivity (Wildman–Crippen MR) is 52.6 cm³/mol. The van der Waals surface area contributed by atoms with E-state index in [0.717, 1.165) is 0 Å². The van der Waals surface area contributed by atoms with E-state index in [0.29, 0.717) is 11.0 Å². The van der Waals surface area contributed by atoms with E-state index in [1.807, 2.05) is 0 Å². The summed E-state index contributed by atoms with van der Waals surface area (Å²) in [5.41, 5.74) is 0.603. The molecule has 2 aromatic rings. The van der Waals surface area contributed by atoms with E-state index in [4.69, 9.17) is 11.6 Å². The van der Waals surface area contributed by atoms with Crippen molar-refractivity contribution in [1.29, 1.82) is 0 Å². The van der Waals surface area contributed by atoms with Crippen LogP contribution in [0, 0.1) is 0 Å². The van der Waals surface area contributed by atoms with Crippen LogP contribution in [0.25, 0.3) is 11.0 Å². The predicted octanol–water partition coefficient (Wildman–Crippen LogP) is 1.41. The number of nitrogens with one attached hydrogen (secondary N) is 1. The quantitative estimate of drug-likeness (QED) is 0.645. The van der Waals surface area contributed by atoms with Gasteiger partial charge in [-0.15, -0.1) is 3.89 Å². The van der Waals surface area contributed by atoms with Crippen molar-refractivity contribution in [2.24, 2.45) is 0 Å². The zero-order chi connectivity index (χ0) is 11.1. The van der Waals surface area contributed by atoms with Gasteiger partial charge in [0.05, 0.1) is 5.39 Å². The molecule has 2 heterocycles. The molecular formula is C7H5ClFN3O2S. The molecule has 80 valence electrons. The minimum atomic E-state index is -4.59. The number of hydrogen-bond donors (Lipinski definition) is 1. The summed E-state index contributed by atoms with van der Waals surface area (Å²) in [7, 11) is -4.59. The van der Waals surface area contributed by atoms with E-state index in [2.05, 4.69) is 15.0 Å². The molecule has 0 atom stereocenters. The number of halogens is 2. The van der Waals surface area contributed by atoms with Gasteiger partial charge in [-0.25, -0.2) is 9.97 Å². The summed E-state index contributed by atoms with van der Waals surface area (Å²) >= 11 is 5.74. The number of hydrogen-bond acceptors (Lipinski definition) is 4. The van der Waals surface area contributed by atoms with E-state index < -0.39 is 16.0 Å². The van der Waals surface area contributed by atoms with Crippen molar-refractivity contribution >= 4 is 32.9 Å². The average molecular weight is 250 g/mol. The molecule has 0 bridgehead atoms. The Labute approximate surface area is 89.5 Å². The van der Waals surface area contributed by atoms with Crippen molar-refractivity contribution in [3.63, 3.8) is 0 Å². The van der Waals surface area contributed by atoms with E-state index in [9.17, 15) is 12.3 Å². The molecule has 5 nitrogen and oxygen atoms in total. The highest BCUT2D eigenvalue weighted by atomic mass is 35.5. The molecule has 1 N–H and O–H groups in total. The minimum Gasteiger partial charge on any atom is -0.346 e. The van der Waals surface area contributed by atoms with Crippen molar-refractivity contribution in [3.05, 3.63) is 23.2 Å². The largest absolute Gasteiger partial charge is 0.346 e. The maximum Gasteiger partial charge on any atom is 0.306 e. The molecule has 0 spiro atoms. The third kappa shape index (κ3) is 2.07. The molecule has 0 saturated heterocycles. The van der Waals surface area contributed by atoms with Gasteiger partial charge < -0.3 is 4.98 Å². The van der Waals surface area contributed by atoms with E-state index >= 15 is 0 Å². The average Bonchev–Trinajstić information content (AvgIpc) is 2.47. The molecule has 8 heteroatoms. The van der Waals surface area contributed by atoms with Crippen LogP contribution >= 0.6 is 11.6 Å². The normalized spacial score (nSPS) is 12.1. The Balaban J connectivity index is 2.63. The topological polar surface area (TPSA) is 75.7 Å². The highest BCUT2D eigenvalue weighted by molar-refractivity contribution is 7.85. The van der Waals surface area contributed by atoms with Crippen LogP contribution in [-0.2, 0) is 16.0 Å². The van der Waals surface area contributed by atoms with Gasteiger partial charge >= 0.3 is 10.2 Å².